The lowest BCUT2D eigenvalue weighted by molar-refractivity contribution is 0.0947. The molecule has 42 heavy (non-hydrogen) atoms. The first-order valence-electron chi connectivity index (χ1n) is 13.8. The zero-order valence-electron chi connectivity index (χ0n) is 23.2. The molecule has 9 heteroatoms. The number of phenolic OH excluding ortho intramolecular Hbond substituents is 1. The van der Waals surface area contributed by atoms with E-state index in [4.69, 9.17) is 4.74 Å². The quantitative estimate of drug-likeness (QED) is 0.234. The number of aromatic nitrogens is 1. The predicted octanol–water partition coefficient (Wildman–Crippen LogP) is 5.13. The number of rotatable bonds is 8. The Morgan fingerprint density at radius 1 is 1.00 bits per heavy atom. The highest BCUT2D eigenvalue weighted by molar-refractivity contribution is 6.05. The molecule has 0 spiro atoms. The SMILES string of the molecule is COc1ccc(C(=O)Nc2nc(-c3ccccc3O)cc(-c3cccc(C(=O)NCC4CCCCN4)c3)c2C#N)cc1. The monoisotopic (exact) mass is 561 g/mol. The van der Waals surface area contributed by atoms with E-state index in [0.29, 0.717) is 45.8 Å². The van der Waals surface area contributed by atoms with E-state index in [9.17, 15) is 20.0 Å². The Morgan fingerprint density at radius 2 is 1.81 bits per heavy atom. The van der Waals surface area contributed by atoms with E-state index in [1.807, 2.05) is 0 Å². The van der Waals surface area contributed by atoms with Gasteiger partial charge in [0.05, 0.1) is 12.8 Å². The molecule has 4 aromatic rings. The molecule has 1 aliphatic rings. The molecule has 9 nitrogen and oxygen atoms in total. The third kappa shape index (κ3) is 6.40. The summed E-state index contributed by atoms with van der Waals surface area (Å²) in [5.74, 6) is -0.0489. The van der Waals surface area contributed by atoms with Crippen molar-refractivity contribution in [1.29, 1.82) is 5.26 Å². The average Bonchev–Trinajstić information content (AvgIpc) is 3.04. The number of benzene rings is 3. The maximum Gasteiger partial charge on any atom is 0.256 e. The van der Waals surface area contributed by atoms with Crippen LogP contribution in [0, 0.1) is 11.3 Å². The molecule has 1 atom stereocenters. The number of hydrogen-bond donors (Lipinski definition) is 4. The topological polar surface area (TPSA) is 136 Å². The summed E-state index contributed by atoms with van der Waals surface area (Å²) in [6.07, 6.45) is 3.30. The van der Waals surface area contributed by atoms with Crippen molar-refractivity contribution in [2.75, 3.05) is 25.5 Å². The number of nitrogens with zero attached hydrogens (tertiary/aromatic N) is 2. The smallest absolute Gasteiger partial charge is 0.256 e. The first kappa shape index (κ1) is 28.3. The molecule has 0 aliphatic carbocycles. The second-order valence-electron chi connectivity index (χ2n) is 10.0. The van der Waals surface area contributed by atoms with Crippen molar-refractivity contribution < 1.29 is 19.4 Å². The highest BCUT2D eigenvalue weighted by atomic mass is 16.5. The van der Waals surface area contributed by atoms with Crippen molar-refractivity contribution in [2.45, 2.75) is 25.3 Å². The lowest BCUT2D eigenvalue weighted by Crippen LogP contribution is -2.43. The lowest BCUT2D eigenvalue weighted by atomic mass is 9.96. The Balaban J connectivity index is 1.52. The van der Waals surface area contributed by atoms with Crippen molar-refractivity contribution in [2.24, 2.45) is 0 Å². The van der Waals surface area contributed by atoms with E-state index >= 15 is 0 Å². The van der Waals surface area contributed by atoms with Gasteiger partial charge in [-0.1, -0.05) is 30.7 Å². The normalized spacial score (nSPS) is 14.4. The number of anilines is 1. The van der Waals surface area contributed by atoms with Gasteiger partial charge in [0.2, 0.25) is 0 Å². The summed E-state index contributed by atoms with van der Waals surface area (Å²) in [5, 5.41) is 30.0. The summed E-state index contributed by atoms with van der Waals surface area (Å²) in [6.45, 7) is 1.48. The van der Waals surface area contributed by atoms with Gasteiger partial charge in [0.25, 0.3) is 11.8 Å². The predicted molar refractivity (Wildman–Crippen MR) is 160 cm³/mol. The van der Waals surface area contributed by atoms with Gasteiger partial charge in [-0.25, -0.2) is 4.98 Å². The molecule has 0 bridgehead atoms. The molecule has 0 saturated carbocycles. The lowest BCUT2D eigenvalue weighted by Gasteiger charge is -2.23. The van der Waals surface area contributed by atoms with Gasteiger partial charge in [0.1, 0.15) is 23.1 Å². The number of aromatic hydroxyl groups is 1. The number of carbonyl (C=O) groups is 2. The van der Waals surface area contributed by atoms with E-state index in [2.05, 4.69) is 27.0 Å². The Bertz CT molecular complexity index is 1640. The zero-order chi connectivity index (χ0) is 29.5. The van der Waals surface area contributed by atoms with E-state index in [1.165, 1.54) is 13.2 Å². The summed E-state index contributed by atoms with van der Waals surface area (Å²) in [7, 11) is 1.54. The van der Waals surface area contributed by atoms with Gasteiger partial charge in [0, 0.05) is 34.8 Å². The van der Waals surface area contributed by atoms with Gasteiger partial charge in [-0.3, -0.25) is 9.59 Å². The Labute approximate surface area is 244 Å². The number of ether oxygens (including phenoxy) is 1. The largest absolute Gasteiger partial charge is 0.507 e. The molecular weight excluding hydrogens is 530 g/mol. The fraction of sp³-hybridized carbons (Fsp3) is 0.212. The van der Waals surface area contributed by atoms with E-state index in [-0.39, 0.29) is 29.1 Å². The van der Waals surface area contributed by atoms with Gasteiger partial charge in [-0.2, -0.15) is 5.26 Å². The van der Waals surface area contributed by atoms with Crippen LogP contribution in [0.15, 0.2) is 78.9 Å². The van der Waals surface area contributed by atoms with Crippen LogP contribution in [-0.2, 0) is 0 Å². The number of nitriles is 1. The number of carbonyl (C=O) groups excluding carboxylic acids is 2. The van der Waals surface area contributed by atoms with Crippen LogP contribution in [0.2, 0.25) is 0 Å². The summed E-state index contributed by atoms with van der Waals surface area (Å²) < 4.78 is 5.17. The number of para-hydroxylation sites is 1. The fourth-order valence-corrected chi connectivity index (χ4v) is 4.97. The van der Waals surface area contributed by atoms with Crippen molar-refractivity contribution in [3.8, 4) is 40.0 Å². The van der Waals surface area contributed by atoms with E-state index in [0.717, 1.165) is 25.8 Å². The Hall–Kier alpha value is -5.20. The van der Waals surface area contributed by atoms with Crippen LogP contribution in [0.3, 0.4) is 0 Å². The molecule has 0 radical (unpaired) electrons. The molecule has 2 heterocycles. The highest BCUT2D eigenvalue weighted by Gasteiger charge is 2.20. The molecule has 1 aliphatic heterocycles. The minimum Gasteiger partial charge on any atom is -0.507 e. The summed E-state index contributed by atoms with van der Waals surface area (Å²) in [5.41, 5.74) is 2.75. The maximum atomic E-state index is 13.2. The second kappa shape index (κ2) is 13.0. The standard InChI is InChI=1S/C33H31N5O4/c1-42-25-14-12-21(13-15-25)33(41)38-31-28(19-34)27(18-29(37-31)26-10-2-3-11-30(26)39)22-7-6-8-23(17-22)32(40)36-20-24-9-4-5-16-35-24/h2-3,6-8,10-15,17-18,24,35,39H,4-5,9,16,20H2,1H3,(H,36,40)(H,37,38,41). The third-order valence-corrected chi connectivity index (χ3v) is 7.25. The Morgan fingerprint density at radius 3 is 2.52 bits per heavy atom. The maximum absolute atomic E-state index is 13.2. The molecule has 1 saturated heterocycles. The Kier molecular flexibility index (Phi) is 8.75. The van der Waals surface area contributed by atoms with Crippen molar-refractivity contribution in [3.05, 3.63) is 95.6 Å². The van der Waals surface area contributed by atoms with Crippen molar-refractivity contribution >= 4 is 17.6 Å². The van der Waals surface area contributed by atoms with E-state index in [1.54, 1.807) is 72.8 Å². The fourth-order valence-electron chi connectivity index (χ4n) is 4.97. The van der Waals surface area contributed by atoms with Crippen LogP contribution in [0.4, 0.5) is 5.82 Å². The molecule has 1 unspecified atom stereocenters. The van der Waals surface area contributed by atoms with Gasteiger partial charge < -0.3 is 25.8 Å². The summed E-state index contributed by atoms with van der Waals surface area (Å²) in [6, 6.07) is 24.3. The third-order valence-electron chi connectivity index (χ3n) is 7.25. The van der Waals surface area contributed by atoms with Crippen molar-refractivity contribution in [1.82, 2.24) is 15.6 Å². The minimum absolute atomic E-state index is 0.00228. The molecule has 4 N–H and O–H groups in total. The molecule has 1 aromatic heterocycles. The molecule has 1 fully saturated rings. The van der Waals surface area contributed by atoms with Crippen LogP contribution >= 0.6 is 0 Å². The summed E-state index contributed by atoms with van der Waals surface area (Å²) in [4.78, 5) is 30.8. The van der Waals surface area contributed by atoms with Gasteiger partial charge in [-0.05, 0) is 79.5 Å². The number of phenols is 1. The van der Waals surface area contributed by atoms with Crippen LogP contribution in [0.25, 0.3) is 22.4 Å². The zero-order valence-corrected chi connectivity index (χ0v) is 23.2. The first-order valence-corrected chi connectivity index (χ1v) is 13.8. The molecule has 2 amide bonds. The molecule has 5 rings (SSSR count). The number of methoxy groups -OCH3 is 1. The minimum atomic E-state index is -0.466. The number of nitrogens with one attached hydrogen (secondary N) is 3. The molecule has 3 aromatic carbocycles. The van der Waals surface area contributed by atoms with Crippen molar-refractivity contribution in [3.63, 3.8) is 0 Å². The number of pyridine rings is 1. The van der Waals surface area contributed by atoms with Crippen LogP contribution < -0.4 is 20.7 Å². The summed E-state index contributed by atoms with van der Waals surface area (Å²) >= 11 is 0. The van der Waals surface area contributed by atoms with Crippen LogP contribution in [-0.4, -0.2) is 48.1 Å². The number of amides is 2. The highest BCUT2D eigenvalue weighted by Crippen LogP contribution is 2.36. The van der Waals surface area contributed by atoms with Crippen LogP contribution in [0.1, 0.15) is 45.5 Å². The van der Waals surface area contributed by atoms with Crippen LogP contribution in [0.5, 0.6) is 11.5 Å². The van der Waals surface area contributed by atoms with E-state index < -0.39 is 5.91 Å². The number of hydrogen-bond acceptors (Lipinski definition) is 7. The first-order chi connectivity index (χ1) is 20.5. The van der Waals surface area contributed by atoms with Gasteiger partial charge in [0.15, 0.2) is 5.82 Å². The number of piperidine rings is 1. The van der Waals surface area contributed by atoms with Gasteiger partial charge >= 0.3 is 0 Å². The van der Waals surface area contributed by atoms with Gasteiger partial charge in [-0.15, -0.1) is 0 Å². The molecule has 212 valence electrons. The average molecular weight is 562 g/mol. The molecular formula is C33H31N5O4. The second-order valence-corrected chi connectivity index (χ2v) is 10.0.